The molecule has 124 valence electrons. The van der Waals surface area contributed by atoms with Crippen molar-refractivity contribution in [3.05, 3.63) is 40.7 Å². The van der Waals surface area contributed by atoms with E-state index in [4.69, 9.17) is 9.15 Å². The van der Waals surface area contributed by atoms with Gasteiger partial charge >= 0.3 is 5.76 Å². The predicted octanol–water partition coefficient (Wildman–Crippen LogP) is 0.762. The Morgan fingerprint density at radius 1 is 1.35 bits per heavy atom. The van der Waals surface area contributed by atoms with Crippen LogP contribution in [0.25, 0.3) is 0 Å². The number of anilines is 1. The third-order valence-electron chi connectivity index (χ3n) is 3.49. The van der Waals surface area contributed by atoms with Crippen LogP contribution >= 0.6 is 0 Å². The van der Waals surface area contributed by atoms with Crippen LogP contribution in [0.5, 0.6) is 5.75 Å². The van der Waals surface area contributed by atoms with Crippen LogP contribution in [0, 0.1) is 6.92 Å². The molecule has 1 aliphatic heterocycles. The molecule has 0 bridgehead atoms. The predicted molar refractivity (Wildman–Crippen MR) is 83.2 cm³/mol. The average molecular weight is 339 g/mol. The SMILES string of the molecule is Cc1nn(CCS(=O)(=O)N2CC(C)Oc3ccccc32)c(=O)o1. The summed E-state index contributed by atoms with van der Waals surface area (Å²) in [4.78, 5) is 11.5. The molecule has 0 saturated heterocycles. The first kappa shape index (κ1) is 15.6. The summed E-state index contributed by atoms with van der Waals surface area (Å²) in [6.45, 7) is 3.51. The fraction of sp³-hybridized carbons (Fsp3) is 0.429. The minimum absolute atomic E-state index is 0.0631. The van der Waals surface area contributed by atoms with Gasteiger partial charge in [0.25, 0.3) is 0 Å². The maximum absolute atomic E-state index is 12.7. The lowest BCUT2D eigenvalue weighted by Crippen LogP contribution is -2.44. The lowest BCUT2D eigenvalue weighted by molar-refractivity contribution is 0.219. The second-order valence-electron chi connectivity index (χ2n) is 5.35. The summed E-state index contributed by atoms with van der Waals surface area (Å²) in [6.07, 6.45) is -0.253. The van der Waals surface area contributed by atoms with Crippen molar-refractivity contribution in [2.24, 2.45) is 0 Å². The Balaban J connectivity index is 1.85. The molecule has 0 radical (unpaired) electrons. The fourth-order valence-electron chi connectivity index (χ4n) is 2.48. The molecule has 0 spiro atoms. The number of nitrogens with zero attached hydrogens (tertiary/aromatic N) is 3. The van der Waals surface area contributed by atoms with Gasteiger partial charge in [0.1, 0.15) is 11.9 Å². The van der Waals surface area contributed by atoms with Crippen LogP contribution in [-0.4, -0.2) is 36.6 Å². The maximum Gasteiger partial charge on any atom is 0.437 e. The van der Waals surface area contributed by atoms with Crippen molar-refractivity contribution in [2.45, 2.75) is 26.5 Å². The second kappa shape index (κ2) is 5.73. The standard InChI is InChI=1S/C14H17N3O5S/c1-10-9-17(12-5-3-4-6-13(12)21-10)23(19,20)8-7-16-14(18)22-11(2)15-16/h3-6,10H,7-9H2,1-2H3. The maximum atomic E-state index is 12.7. The molecule has 1 atom stereocenters. The summed E-state index contributed by atoms with van der Waals surface area (Å²) in [6, 6.07) is 6.98. The van der Waals surface area contributed by atoms with Crippen molar-refractivity contribution in [3.63, 3.8) is 0 Å². The highest BCUT2D eigenvalue weighted by atomic mass is 32.2. The number of para-hydroxylation sites is 2. The van der Waals surface area contributed by atoms with Crippen LogP contribution in [0.4, 0.5) is 5.69 Å². The smallest absolute Gasteiger partial charge is 0.437 e. The molecule has 0 N–H and O–H groups in total. The zero-order valence-electron chi connectivity index (χ0n) is 12.8. The zero-order valence-corrected chi connectivity index (χ0v) is 13.6. The van der Waals surface area contributed by atoms with E-state index in [2.05, 4.69) is 5.10 Å². The van der Waals surface area contributed by atoms with Crippen molar-refractivity contribution in [3.8, 4) is 5.75 Å². The van der Waals surface area contributed by atoms with Crippen molar-refractivity contribution >= 4 is 15.7 Å². The van der Waals surface area contributed by atoms with Gasteiger partial charge < -0.3 is 9.15 Å². The van der Waals surface area contributed by atoms with E-state index in [1.54, 1.807) is 24.3 Å². The Hall–Kier alpha value is -2.29. The van der Waals surface area contributed by atoms with Gasteiger partial charge in [0.05, 0.1) is 24.5 Å². The average Bonchev–Trinajstić information content (AvgIpc) is 2.82. The van der Waals surface area contributed by atoms with Crippen LogP contribution in [0.1, 0.15) is 12.8 Å². The fourth-order valence-corrected chi connectivity index (χ4v) is 3.99. The Labute approximate surface area is 133 Å². The summed E-state index contributed by atoms with van der Waals surface area (Å²) in [5, 5.41) is 3.85. The molecule has 1 aromatic carbocycles. The molecular formula is C14H17N3O5S. The summed E-state index contributed by atoms with van der Waals surface area (Å²) >= 11 is 0. The molecule has 0 saturated carbocycles. The van der Waals surface area contributed by atoms with E-state index in [1.165, 1.54) is 11.2 Å². The highest BCUT2D eigenvalue weighted by Crippen LogP contribution is 2.34. The number of hydrogen-bond donors (Lipinski definition) is 0. The molecule has 2 heterocycles. The minimum Gasteiger partial charge on any atom is -0.487 e. The van der Waals surface area contributed by atoms with Crippen LogP contribution in [-0.2, 0) is 16.6 Å². The highest BCUT2D eigenvalue weighted by molar-refractivity contribution is 7.92. The van der Waals surface area contributed by atoms with Gasteiger partial charge in [-0.3, -0.25) is 4.31 Å². The van der Waals surface area contributed by atoms with E-state index in [1.807, 2.05) is 6.92 Å². The van der Waals surface area contributed by atoms with E-state index in [-0.39, 0.29) is 30.8 Å². The van der Waals surface area contributed by atoms with E-state index >= 15 is 0 Å². The van der Waals surface area contributed by atoms with Gasteiger partial charge in [-0.25, -0.2) is 13.2 Å². The summed E-state index contributed by atoms with van der Waals surface area (Å²) in [5.74, 6) is -0.171. The lowest BCUT2D eigenvalue weighted by atomic mass is 10.2. The van der Waals surface area contributed by atoms with Crippen molar-refractivity contribution in [1.29, 1.82) is 0 Å². The Bertz CT molecular complexity index is 871. The monoisotopic (exact) mass is 339 g/mol. The molecule has 3 rings (SSSR count). The third kappa shape index (κ3) is 3.09. The molecule has 0 fully saturated rings. The summed E-state index contributed by atoms with van der Waals surface area (Å²) < 4.78 is 38.1. The normalized spacial score (nSPS) is 17.7. The van der Waals surface area contributed by atoms with Crippen LogP contribution < -0.4 is 14.8 Å². The molecule has 9 heteroatoms. The Kier molecular flexibility index (Phi) is 3.88. The number of hydrogen-bond acceptors (Lipinski definition) is 6. The Morgan fingerprint density at radius 3 is 2.78 bits per heavy atom. The summed E-state index contributed by atoms with van der Waals surface area (Å²) in [5.41, 5.74) is 0.509. The van der Waals surface area contributed by atoms with E-state index < -0.39 is 15.8 Å². The number of aromatic nitrogens is 2. The van der Waals surface area contributed by atoms with E-state index in [9.17, 15) is 13.2 Å². The molecule has 1 unspecified atom stereocenters. The quantitative estimate of drug-likeness (QED) is 0.816. The van der Waals surface area contributed by atoms with E-state index in [0.717, 1.165) is 4.68 Å². The molecule has 8 nitrogen and oxygen atoms in total. The number of aryl methyl sites for hydroxylation is 2. The van der Waals surface area contributed by atoms with Crippen LogP contribution in [0.3, 0.4) is 0 Å². The van der Waals surface area contributed by atoms with Crippen LogP contribution in [0.2, 0.25) is 0 Å². The first-order chi connectivity index (χ1) is 10.9. The number of sulfonamides is 1. The number of fused-ring (bicyclic) bond motifs is 1. The Morgan fingerprint density at radius 2 is 2.09 bits per heavy atom. The molecule has 0 amide bonds. The van der Waals surface area contributed by atoms with Gasteiger partial charge in [-0.1, -0.05) is 12.1 Å². The topological polar surface area (TPSA) is 94.6 Å². The van der Waals surface area contributed by atoms with Gasteiger partial charge in [0.15, 0.2) is 0 Å². The van der Waals surface area contributed by atoms with E-state index in [0.29, 0.717) is 11.4 Å². The molecular weight excluding hydrogens is 322 g/mol. The molecule has 2 aromatic rings. The zero-order chi connectivity index (χ0) is 16.6. The van der Waals surface area contributed by atoms with Gasteiger partial charge in [-0.05, 0) is 19.1 Å². The first-order valence-electron chi connectivity index (χ1n) is 7.17. The van der Waals surface area contributed by atoms with Gasteiger partial charge in [0.2, 0.25) is 15.9 Å². The van der Waals surface area contributed by atoms with Crippen LogP contribution in [0.15, 0.2) is 33.5 Å². The largest absolute Gasteiger partial charge is 0.487 e. The minimum atomic E-state index is -3.62. The molecule has 1 aliphatic rings. The first-order valence-corrected chi connectivity index (χ1v) is 8.78. The van der Waals surface area contributed by atoms with Gasteiger partial charge in [-0.2, -0.15) is 4.68 Å². The van der Waals surface area contributed by atoms with Crippen molar-refractivity contribution < 1.29 is 17.6 Å². The number of ether oxygens (including phenoxy) is 1. The number of rotatable bonds is 4. The lowest BCUT2D eigenvalue weighted by Gasteiger charge is -2.34. The van der Waals surface area contributed by atoms with Crippen molar-refractivity contribution in [2.75, 3.05) is 16.6 Å². The second-order valence-corrected chi connectivity index (χ2v) is 7.37. The molecule has 0 aliphatic carbocycles. The summed E-state index contributed by atoms with van der Waals surface area (Å²) in [7, 11) is -3.62. The number of benzene rings is 1. The molecule has 23 heavy (non-hydrogen) atoms. The molecule has 1 aromatic heterocycles. The highest BCUT2D eigenvalue weighted by Gasteiger charge is 2.31. The van der Waals surface area contributed by atoms with Gasteiger partial charge in [-0.15, -0.1) is 5.10 Å². The van der Waals surface area contributed by atoms with Gasteiger partial charge in [0, 0.05) is 6.92 Å². The van der Waals surface area contributed by atoms with Crippen molar-refractivity contribution in [1.82, 2.24) is 9.78 Å². The third-order valence-corrected chi connectivity index (χ3v) is 5.20.